The zero-order valence-corrected chi connectivity index (χ0v) is 25.1. The van der Waals surface area contributed by atoms with Gasteiger partial charge >= 0.3 is 6.01 Å². The molecule has 4 aromatic rings. The minimum absolute atomic E-state index is 0.0277. The van der Waals surface area contributed by atoms with Crippen LogP contribution in [0.2, 0.25) is 0 Å². The Hall–Kier alpha value is -3.92. The van der Waals surface area contributed by atoms with E-state index >= 15 is 4.39 Å². The number of rotatable bonds is 5. The van der Waals surface area contributed by atoms with Gasteiger partial charge in [-0.15, -0.1) is 11.3 Å². The molecule has 4 fully saturated rings. The number of halogens is 3. The van der Waals surface area contributed by atoms with Crippen molar-refractivity contribution in [3.8, 4) is 23.2 Å². The second-order valence-electron chi connectivity index (χ2n) is 12.6. The fourth-order valence-corrected chi connectivity index (χ4v) is 8.84. The van der Waals surface area contributed by atoms with E-state index in [1.807, 2.05) is 11.0 Å². The Kier molecular flexibility index (Phi) is 5.94. The Morgan fingerprint density at radius 1 is 1.29 bits per heavy atom. The van der Waals surface area contributed by atoms with Crippen molar-refractivity contribution in [1.82, 2.24) is 20.2 Å². The topological polar surface area (TPSA) is 103 Å². The summed E-state index contributed by atoms with van der Waals surface area (Å²) < 4.78 is 77.5. The molecule has 12 heteroatoms. The van der Waals surface area contributed by atoms with Crippen LogP contribution in [0.15, 0.2) is 30.1 Å². The number of nitrogen functional groups attached to an aromatic ring is 1. The second kappa shape index (κ2) is 10.6. The lowest BCUT2D eigenvalue weighted by molar-refractivity contribution is 0.108. The van der Waals surface area contributed by atoms with Crippen LogP contribution >= 0.6 is 11.3 Å². The van der Waals surface area contributed by atoms with Crippen LogP contribution in [-0.4, -0.2) is 65.3 Å². The van der Waals surface area contributed by atoms with Gasteiger partial charge in [0.2, 0.25) is 0 Å². The molecule has 4 aliphatic heterocycles. The van der Waals surface area contributed by atoms with Crippen molar-refractivity contribution in [2.24, 2.45) is 0 Å². The van der Waals surface area contributed by atoms with E-state index in [9.17, 15) is 14.0 Å². The predicted molar refractivity (Wildman–Crippen MR) is 169 cm³/mol. The van der Waals surface area contributed by atoms with Crippen molar-refractivity contribution in [2.75, 3.05) is 43.4 Å². The summed E-state index contributed by atoms with van der Waals surface area (Å²) in [5.41, 5.74) is 5.53. The molecular weight excluding hydrogens is 599 g/mol. The van der Waals surface area contributed by atoms with Crippen molar-refractivity contribution in [3.63, 3.8) is 0 Å². The minimum atomic E-state index is -2.80. The first kappa shape index (κ1) is 25.3. The molecule has 2 aromatic heterocycles. The summed E-state index contributed by atoms with van der Waals surface area (Å²) in [5.74, 6) is -1.24. The number of thiophene rings is 1. The van der Waals surface area contributed by atoms with Gasteiger partial charge in [-0.3, -0.25) is 4.90 Å². The first-order valence-corrected chi connectivity index (χ1v) is 15.9. The van der Waals surface area contributed by atoms with Gasteiger partial charge in [0.05, 0.1) is 22.1 Å². The summed E-state index contributed by atoms with van der Waals surface area (Å²) >= 11 is 0.846. The summed E-state index contributed by atoms with van der Waals surface area (Å²) in [4.78, 5) is 13.6. The van der Waals surface area contributed by atoms with Crippen LogP contribution < -0.4 is 20.7 Å². The third-order valence-corrected chi connectivity index (χ3v) is 10.9. The van der Waals surface area contributed by atoms with Gasteiger partial charge in [0.15, 0.2) is 5.82 Å². The highest BCUT2D eigenvalue weighted by atomic mass is 32.1. The van der Waals surface area contributed by atoms with Crippen LogP contribution in [0.1, 0.15) is 47.3 Å². The average Bonchev–Trinajstić information content (AvgIpc) is 3.80. The van der Waals surface area contributed by atoms with Gasteiger partial charge in [-0.25, -0.2) is 13.2 Å². The molecule has 6 heterocycles. The number of ether oxygens (including phenoxy) is 1. The van der Waals surface area contributed by atoms with Gasteiger partial charge in [0, 0.05) is 52.2 Å². The third kappa shape index (κ3) is 4.47. The van der Waals surface area contributed by atoms with Gasteiger partial charge in [0.1, 0.15) is 34.8 Å². The molecule has 2 bridgehead atoms. The van der Waals surface area contributed by atoms with E-state index in [4.69, 9.17) is 19.6 Å². The lowest BCUT2D eigenvalue weighted by Crippen LogP contribution is -2.51. The molecule has 8 nitrogen and oxygen atoms in total. The first-order valence-electron chi connectivity index (χ1n) is 16.6. The standard InChI is InChI=1S/C33H32F3N7OS/c1-17-9-22-28(27(36)25(17)21-5-6-24(35)29-26(21)23(12-37)30(38)45-29)40-32(41-31(22)42-14-19-3-4-20(15-42)39-19)44-16-33-7-2-8-43(33)13-18(10-33)11-34/h5-6,9,11,19-20,39H,2-4,7-8,10,13-16,38H2,1H3/b18-11-/t19-,20+,33?/i1D3. The number of aromatic nitrogens is 2. The van der Waals surface area contributed by atoms with E-state index in [1.54, 1.807) is 0 Å². The van der Waals surface area contributed by atoms with E-state index in [-0.39, 0.29) is 72.9 Å². The van der Waals surface area contributed by atoms with Crippen molar-refractivity contribution in [1.29, 1.82) is 5.26 Å². The van der Waals surface area contributed by atoms with Gasteiger partial charge < -0.3 is 20.7 Å². The lowest BCUT2D eigenvalue weighted by Gasteiger charge is -2.35. The van der Waals surface area contributed by atoms with Crippen molar-refractivity contribution >= 4 is 43.1 Å². The summed E-state index contributed by atoms with van der Waals surface area (Å²) in [6.07, 6.45) is 4.86. The molecule has 0 spiro atoms. The smallest absolute Gasteiger partial charge is 0.319 e. The van der Waals surface area contributed by atoms with Crippen LogP contribution in [0.5, 0.6) is 6.01 Å². The van der Waals surface area contributed by atoms with Gasteiger partial charge in [-0.05, 0) is 74.3 Å². The Morgan fingerprint density at radius 2 is 2.11 bits per heavy atom. The molecule has 0 aliphatic carbocycles. The molecule has 45 heavy (non-hydrogen) atoms. The number of anilines is 2. The quantitative estimate of drug-likeness (QED) is 0.277. The molecule has 0 saturated carbocycles. The van der Waals surface area contributed by atoms with E-state index in [2.05, 4.69) is 15.2 Å². The van der Waals surface area contributed by atoms with Gasteiger partial charge in [-0.2, -0.15) is 15.2 Å². The molecule has 4 aliphatic rings. The fourth-order valence-electron chi connectivity index (χ4n) is 7.89. The van der Waals surface area contributed by atoms with E-state index in [1.165, 1.54) is 12.1 Å². The fraction of sp³-hybridized carbons (Fsp3) is 0.424. The maximum Gasteiger partial charge on any atom is 0.319 e. The Morgan fingerprint density at radius 3 is 2.87 bits per heavy atom. The van der Waals surface area contributed by atoms with Crippen LogP contribution in [0.3, 0.4) is 0 Å². The number of nitriles is 1. The molecule has 0 radical (unpaired) electrons. The molecule has 4 saturated heterocycles. The number of hydrogen-bond donors (Lipinski definition) is 2. The zero-order chi connectivity index (χ0) is 33.5. The summed E-state index contributed by atoms with van der Waals surface area (Å²) in [6, 6.07) is 6.09. The van der Waals surface area contributed by atoms with Crippen molar-refractivity contribution in [3.05, 3.63) is 52.9 Å². The summed E-state index contributed by atoms with van der Waals surface area (Å²) in [7, 11) is 0. The van der Waals surface area contributed by atoms with Crippen molar-refractivity contribution in [2.45, 2.75) is 56.6 Å². The zero-order valence-electron chi connectivity index (χ0n) is 27.3. The van der Waals surface area contributed by atoms with Crippen LogP contribution in [0, 0.1) is 29.8 Å². The van der Waals surface area contributed by atoms with Crippen LogP contribution in [0.25, 0.3) is 32.1 Å². The number of aryl methyl sites for hydroxylation is 1. The lowest BCUT2D eigenvalue weighted by atomic mass is 9.93. The SMILES string of the molecule is [2H]C([2H])([2H])c1cc2c(N3C[C@H]4CC[C@@H](C3)N4)nc(OCC34CCCN3C/C(=C\F)C4)nc2c(F)c1-c1ccc(F)c2sc(N)c(C#N)c12. The molecule has 232 valence electrons. The summed E-state index contributed by atoms with van der Waals surface area (Å²) in [5, 5.41) is 13.8. The first-order chi connectivity index (χ1) is 23.0. The monoisotopic (exact) mass is 634 g/mol. The molecule has 8 rings (SSSR count). The highest BCUT2D eigenvalue weighted by Gasteiger charge is 2.47. The summed E-state index contributed by atoms with van der Waals surface area (Å²) in [6.45, 7) is -0.142. The number of piperazine rings is 1. The molecule has 0 amide bonds. The largest absolute Gasteiger partial charge is 0.461 e. The highest BCUT2D eigenvalue weighted by molar-refractivity contribution is 7.23. The highest BCUT2D eigenvalue weighted by Crippen LogP contribution is 2.45. The number of nitrogens with two attached hydrogens (primary N) is 1. The van der Waals surface area contributed by atoms with Crippen LogP contribution in [0.4, 0.5) is 24.0 Å². The second-order valence-corrected chi connectivity index (χ2v) is 13.7. The number of fused-ring (bicyclic) bond motifs is 5. The minimum Gasteiger partial charge on any atom is -0.461 e. The number of hydrogen-bond acceptors (Lipinski definition) is 9. The molecule has 3 N–H and O–H groups in total. The van der Waals surface area contributed by atoms with E-state index in [0.717, 1.165) is 49.6 Å². The number of nitrogens with zero attached hydrogens (tertiary/aromatic N) is 5. The molecule has 2 aromatic carbocycles. The number of nitrogens with one attached hydrogen (secondary N) is 1. The Balaban J connectivity index is 1.34. The molecule has 3 atom stereocenters. The maximum absolute atomic E-state index is 17.3. The van der Waals surface area contributed by atoms with Crippen molar-refractivity contribution < 1.29 is 22.0 Å². The van der Waals surface area contributed by atoms with Gasteiger partial charge in [-0.1, -0.05) is 6.07 Å². The maximum atomic E-state index is 17.3. The Labute approximate surface area is 266 Å². The predicted octanol–water partition coefficient (Wildman–Crippen LogP) is 5.96. The normalized spacial score (nSPS) is 26.8. The molecular formula is C33H32F3N7OS. The molecule has 1 unspecified atom stereocenters. The van der Waals surface area contributed by atoms with Crippen LogP contribution in [-0.2, 0) is 0 Å². The van der Waals surface area contributed by atoms with Gasteiger partial charge in [0.25, 0.3) is 0 Å². The van der Waals surface area contributed by atoms with E-state index < -0.39 is 24.0 Å². The average molecular weight is 635 g/mol. The Bertz CT molecular complexity index is 2050. The third-order valence-electron chi connectivity index (χ3n) is 9.92. The number of benzene rings is 2. The van der Waals surface area contributed by atoms with E-state index in [0.29, 0.717) is 43.8 Å².